The molecule has 3 aromatic rings. The molecule has 1 fully saturated rings. The first-order valence-electron chi connectivity index (χ1n) is 8.91. The Hall–Kier alpha value is -2.99. The molecule has 1 N–H and O–H groups in total. The van der Waals surface area contributed by atoms with Gasteiger partial charge in [-0.3, -0.25) is 4.79 Å². The summed E-state index contributed by atoms with van der Waals surface area (Å²) in [6.07, 6.45) is 3.64. The number of amides is 1. The number of hydrogen-bond acceptors (Lipinski definition) is 4. The second kappa shape index (κ2) is 7.72. The van der Waals surface area contributed by atoms with Gasteiger partial charge in [0.15, 0.2) is 5.76 Å². The normalized spacial score (nSPS) is 16.4. The van der Waals surface area contributed by atoms with Crippen LogP contribution >= 0.6 is 0 Å². The monoisotopic (exact) mass is 366 g/mol. The highest BCUT2D eigenvalue weighted by Gasteiger charge is 2.20. The van der Waals surface area contributed by atoms with Crippen LogP contribution in [0.25, 0.3) is 22.8 Å². The van der Waals surface area contributed by atoms with Crippen LogP contribution in [0.2, 0.25) is 0 Å². The number of benzene rings is 2. The maximum Gasteiger partial charge on any atom is 0.252 e. The SMILES string of the molecule is O=C(NCC1CCCO1)c1ccccc1-c1ncc(-c2ccc(F)cc2)o1. The minimum atomic E-state index is -0.313. The fourth-order valence-electron chi connectivity index (χ4n) is 3.12. The highest BCUT2D eigenvalue weighted by Crippen LogP contribution is 2.28. The van der Waals surface area contributed by atoms with Crippen molar-refractivity contribution in [1.29, 1.82) is 0 Å². The lowest BCUT2D eigenvalue weighted by Gasteiger charge is -2.12. The van der Waals surface area contributed by atoms with Crippen molar-refractivity contribution in [2.75, 3.05) is 13.2 Å². The Kier molecular flexibility index (Phi) is 4.98. The van der Waals surface area contributed by atoms with Crippen molar-refractivity contribution in [1.82, 2.24) is 10.3 Å². The maximum atomic E-state index is 13.1. The topological polar surface area (TPSA) is 64.4 Å². The molecule has 0 radical (unpaired) electrons. The van der Waals surface area contributed by atoms with Crippen LogP contribution in [0, 0.1) is 5.82 Å². The van der Waals surface area contributed by atoms with Gasteiger partial charge in [0.05, 0.1) is 17.9 Å². The molecule has 0 bridgehead atoms. The van der Waals surface area contributed by atoms with Gasteiger partial charge in [-0.15, -0.1) is 0 Å². The second-order valence-corrected chi connectivity index (χ2v) is 6.43. The predicted molar refractivity (Wildman–Crippen MR) is 98.6 cm³/mol. The summed E-state index contributed by atoms with van der Waals surface area (Å²) in [5.74, 6) is 0.353. The summed E-state index contributed by atoms with van der Waals surface area (Å²) in [5, 5.41) is 2.92. The van der Waals surface area contributed by atoms with Gasteiger partial charge in [0.25, 0.3) is 5.91 Å². The molecule has 1 aliphatic rings. The summed E-state index contributed by atoms with van der Waals surface area (Å²) in [6, 6.07) is 13.1. The Labute approximate surface area is 156 Å². The lowest BCUT2D eigenvalue weighted by atomic mass is 10.1. The van der Waals surface area contributed by atoms with Gasteiger partial charge in [-0.25, -0.2) is 9.37 Å². The van der Waals surface area contributed by atoms with E-state index in [0.717, 1.165) is 25.0 Å². The van der Waals surface area contributed by atoms with Gasteiger partial charge in [0.2, 0.25) is 5.89 Å². The number of hydrogen-bond donors (Lipinski definition) is 1. The quantitative estimate of drug-likeness (QED) is 0.740. The molecule has 0 aliphatic carbocycles. The summed E-state index contributed by atoms with van der Waals surface area (Å²) < 4.78 is 24.5. The van der Waals surface area contributed by atoms with Crippen molar-refractivity contribution in [3.8, 4) is 22.8 Å². The van der Waals surface area contributed by atoms with Crippen molar-refractivity contribution in [2.24, 2.45) is 0 Å². The number of nitrogens with one attached hydrogen (secondary N) is 1. The smallest absolute Gasteiger partial charge is 0.252 e. The third kappa shape index (κ3) is 3.90. The Morgan fingerprint density at radius 2 is 2.00 bits per heavy atom. The van der Waals surface area contributed by atoms with E-state index in [0.29, 0.717) is 29.3 Å². The molecule has 2 aromatic carbocycles. The van der Waals surface area contributed by atoms with Crippen LogP contribution in [0.15, 0.2) is 59.1 Å². The zero-order valence-corrected chi connectivity index (χ0v) is 14.7. The maximum absolute atomic E-state index is 13.1. The minimum absolute atomic E-state index is 0.0768. The van der Waals surface area contributed by atoms with E-state index in [1.807, 2.05) is 6.07 Å². The van der Waals surface area contributed by atoms with Crippen LogP contribution < -0.4 is 5.32 Å². The van der Waals surface area contributed by atoms with Crippen LogP contribution in [0.3, 0.4) is 0 Å². The third-order valence-corrected chi connectivity index (χ3v) is 4.55. The van der Waals surface area contributed by atoms with Gasteiger partial charge in [-0.2, -0.15) is 0 Å². The number of carbonyl (C=O) groups is 1. The van der Waals surface area contributed by atoms with Crippen molar-refractivity contribution < 1.29 is 18.3 Å². The van der Waals surface area contributed by atoms with Crippen molar-refractivity contribution in [2.45, 2.75) is 18.9 Å². The fourth-order valence-corrected chi connectivity index (χ4v) is 3.12. The molecule has 0 saturated carbocycles. The molecule has 1 aromatic heterocycles. The first kappa shape index (κ1) is 17.4. The van der Waals surface area contributed by atoms with Gasteiger partial charge in [-0.05, 0) is 49.2 Å². The van der Waals surface area contributed by atoms with E-state index in [1.165, 1.54) is 12.1 Å². The molecular weight excluding hydrogens is 347 g/mol. The Morgan fingerprint density at radius 3 is 2.78 bits per heavy atom. The Balaban J connectivity index is 1.55. The number of oxazole rings is 1. The van der Waals surface area contributed by atoms with Crippen molar-refractivity contribution >= 4 is 5.91 Å². The zero-order chi connectivity index (χ0) is 18.6. The van der Waals surface area contributed by atoms with Gasteiger partial charge < -0.3 is 14.5 Å². The van der Waals surface area contributed by atoms with Crippen LogP contribution in [-0.2, 0) is 4.74 Å². The number of aromatic nitrogens is 1. The lowest BCUT2D eigenvalue weighted by molar-refractivity contribution is 0.0858. The van der Waals surface area contributed by atoms with Crippen LogP contribution in [0.4, 0.5) is 4.39 Å². The van der Waals surface area contributed by atoms with E-state index in [9.17, 15) is 9.18 Å². The molecule has 0 spiro atoms. The van der Waals surface area contributed by atoms with Crippen molar-refractivity contribution in [3.63, 3.8) is 0 Å². The first-order chi connectivity index (χ1) is 13.2. The highest BCUT2D eigenvalue weighted by atomic mass is 19.1. The third-order valence-electron chi connectivity index (χ3n) is 4.55. The van der Waals surface area contributed by atoms with Gasteiger partial charge in [0.1, 0.15) is 5.82 Å². The summed E-state index contributed by atoms with van der Waals surface area (Å²) >= 11 is 0. The molecule has 1 atom stereocenters. The van der Waals surface area contributed by atoms with E-state index in [4.69, 9.17) is 9.15 Å². The highest BCUT2D eigenvalue weighted by molar-refractivity contribution is 6.00. The summed E-state index contributed by atoms with van der Waals surface area (Å²) in [4.78, 5) is 16.9. The molecule has 1 saturated heterocycles. The molecule has 1 unspecified atom stereocenters. The average molecular weight is 366 g/mol. The number of carbonyl (C=O) groups excluding carboxylic acids is 1. The molecule has 1 aliphatic heterocycles. The molecule has 4 rings (SSSR count). The van der Waals surface area contributed by atoms with Gasteiger partial charge in [-0.1, -0.05) is 12.1 Å². The molecule has 6 heteroatoms. The standard InChI is InChI=1S/C21H19FN2O3/c22-15-9-7-14(8-10-15)19-13-24-21(27-19)18-6-2-1-5-17(18)20(25)23-12-16-4-3-11-26-16/h1-2,5-10,13,16H,3-4,11-12H2,(H,23,25). The van der Waals surface area contributed by atoms with Crippen LogP contribution in [-0.4, -0.2) is 30.1 Å². The Morgan fingerprint density at radius 1 is 1.19 bits per heavy atom. The summed E-state index contributed by atoms with van der Waals surface area (Å²) in [5.41, 5.74) is 1.81. The van der Waals surface area contributed by atoms with E-state index in [1.54, 1.807) is 36.5 Å². The lowest BCUT2D eigenvalue weighted by Crippen LogP contribution is -2.32. The fraction of sp³-hybridized carbons (Fsp3) is 0.238. The first-order valence-corrected chi connectivity index (χ1v) is 8.91. The molecule has 138 valence electrons. The predicted octanol–water partition coefficient (Wildman–Crippen LogP) is 4.06. The van der Waals surface area contributed by atoms with Crippen molar-refractivity contribution in [3.05, 3.63) is 66.1 Å². The summed E-state index contributed by atoms with van der Waals surface area (Å²) in [6.45, 7) is 1.24. The molecule has 27 heavy (non-hydrogen) atoms. The number of ether oxygens (including phenoxy) is 1. The van der Waals surface area contributed by atoms with E-state index < -0.39 is 0 Å². The van der Waals surface area contributed by atoms with E-state index >= 15 is 0 Å². The van der Waals surface area contributed by atoms with Crippen LogP contribution in [0.5, 0.6) is 0 Å². The van der Waals surface area contributed by atoms with Crippen LogP contribution in [0.1, 0.15) is 23.2 Å². The zero-order valence-electron chi connectivity index (χ0n) is 14.7. The largest absolute Gasteiger partial charge is 0.436 e. The Bertz CT molecular complexity index is 931. The molecule has 2 heterocycles. The van der Waals surface area contributed by atoms with Gasteiger partial charge in [0, 0.05) is 24.3 Å². The summed E-state index contributed by atoms with van der Waals surface area (Å²) in [7, 11) is 0. The molecule has 1 amide bonds. The average Bonchev–Trinajstić information content (AvgIpc) is 3.39. The number of nitrogens with zero attached hydrogens (tertiary/aromatic N) is 1. The second-order valence-electron chi connectivity index (χ2n) is 6.43. The van der Waals surface area contributed by atoms with Gasteiger partial charge >= 0.3 is 0 Å². The van der Waals surface area contributed by atoms with E-state index in [2.05, 4.69) is 10.3 Å². The van der Waals surface area contributed by atoms with E-state index in [-0.39, 0.29) is 17.8 Å². The molecule has 5 nitrogen and oxygen atoms in total. The number of halogens is 1. The minimum Gasteiger partial charge on any atom is -0.436 e. The molecular formula is C21H19FN2O3. The number of rotatable bonds is 5.